The predicted molar refractivity (Wildman–Crippen MR) is 115 cm³/mol. The monoisotopic (exact) mass is 420 g/mol. The molecule has 2 aromatic carbocycles. The van der Waals surface area contributed by atoms with Crippen molar-refractivity contribution in [3.05, 3.63) is 59.7 Å². The third kappa shape index (κ3) is 5.82. The first-order valence-electron chi connectivity index (χ1n) is 10.1. The summed E-state index contributed by atoms with van der Waals surface area (Å²) in [6, 6.07) is 14.9. The van der Waals surface area contributed by atoms with Crippen molar-refractivity contribution in [2.75, 3.05) is 23.4 Å². The van der Waals surface area contributed by atoms with Crippen molar-refractivity contribution in [2.45, 2.75) is 32.2 Å². The molecule has 0 saturated carbocycles. The summed E-state index contributed by atoms with van der Waals surface area (Å²) in [6.07, 6.45) is 1.27. The Hall–Kier alpha value is -3.86. The van der Waals surface area contributed by atoms with Gasteiger partial charge in [0.25, 0.3) is 0 Å². The second-order valence-corrected chi connectivity index (χ2v) is 7.09. The minimum Gasteiger partial charge on any atom is -0.466 e. The van der Waals surface area contributed by atoms with Gasteiger partial charge in [-0.25, -0.2) is 4.79 Å². The molecule has 160 valence electrons. The smallest absolute Gasteiger partial charge is 0.319 e. The minimum absolute atomic E-state index is 0.192. The van der Waals surface area contributed by atoms with Gasteiger partial charge in [-0.1, -0.05) is 12.1 Å². The molecule has 2 aromatic rings. The van der Waals surface area contributed by atoms with Crippen LogP contribution in [-0.2, 0) is 20.7 Å². The lowest BCUT2D eigenvalue weighted by Gasteiger charge is -2.17. The highest BCUT2D eigenvalue weighted by Crippen LogP contribution is 2.22. The lowest BCUT2D eigenvalue weighted by Crippen LogP contribution is -2.43. The number of urea groups is 1. The van der Waals surface area contributed by atoms with E-state index in [0.29, 0.717) is 42.9 Å². The molecule has 8 heteroatoms. The number of ether oxygens (including phenoxy) is 1. The fraction of sp³-hybridized carbons (Fsp3) is 0.304. The number of rotatable bonds is 7. The molecular formula is C23H24N4O4. The average Bonchev–Trinajstić information content (AvgIpc) is 3.12. The van der Waals surface area contributed by atoms with E-state index in [1.807, 2.05) is 12.1 Å². The van der Waals surface area contributed by atoms with Crippen molar-refractivity contribution in [1.82, 2.24) is 5.32 Å². The summed E-state index contributed by atoms with van der Waals surface area (Å²) in [5.74, 6) is -0.451. The number of nitrogens with one attached hydrogen (secondary N) is 2. The van der Waals surface area contributed by atoms with Gasteiger partial charge in [0.05, 0.1) is 18.2 Å². The van der Waals surface area contributed by atoms with Crippen molar-refractivity contribution < 1.29 is 19.1 Å². The second-order valence-electron chi connectivity index (χ2n) is 7.09. The zero-order chi connectivity index (χ0) is 22.2. The Morgan fingerprint density at radius 1 is 1.23 bits per heavy atom. The summed E-state index contributed by atoms with van der Waals surface area (Å²) in [4.78, 5) is 38.2. The van der Waals surface area contributed by atoms with Crippen LogP contribution in [0.5, 0.6) is 0 Å². The maximum Gasteiger partial charge on any atom is 0.319 e. The van der Waals surface area contributed by atoms with Gasteiger partial charge in [0.2, 0.25) is 5.91 Å². The fourth-order valence-corrected chi connectivity index (χ4v) is 3.40. The molecule has 0 radical (unpaired) electrons. The number of anilines is 2. The third-order valence-electron chi connectivity index (χ3n) is 4.93. The van der Waals surface area contributed by atoms with Crippen LogP contribution < -0.4 is 15.5 Å². The molecule has 0 unspecified atom stereocenters. The molecular weight excluding hydrogens is 396 g/mol. The number of aryl methyl sites for hydroxylation is 1. The van der Waals surface area contributed by atoms with E-state index < -0.39 is 12.1 Å². The second kappa shape index (κ2) is 10.3. The minimum atomic E-state index is -0.623. The van der Waals surface area contributed by atoms with Crippen LogP contribution in [-0.4, -0.2) is 37.1 Å². The number of carbonyl (C=O) groups is 3. The van der Waals surface area contributed by atoms with Crippen LogP contribution in [0.2, 0.25) is 0 Å². The quantitative estimate of drug-likeness (QED) is 0.669. The average molecular weight is 420 g/mol. The van der Waals surface area contributed by atoms with Gasteiger partial charge in [-0.2, -0.15) is 5.26 Å². The van der Waals surface area contributed by atoms with Gasteiger partial charge in [-0.05, 0) is 61.7 Å². The van der Waals surface area contributed by atoms with E-state index in [1.54, 1.807) is 54.3 Å². The summed E-state index contributed by atoms with van der Waals surface area (Å²) in [7, 11) is 0. The van der Waals surface area contributed by atoms with Gasteiger partial charge in [0, 0.05) is 24.3 Å². The summed E-state index contributed by atoms with van der Waals surface area (Å²) >= 11 is 0. The van der Waals surface area contributed by atoms with Crippen LogP contribution in [0, 0.1) is 11.3 Å². The van der Waals surface area contributed by atoms with E-state index in [9.17, 15) is 14.4 Å². The summed E-state index contributed by atoms with van der Waals surface area (Å²) in [6.45, 7) is 2.60. The van der Waals surface area contributed by atoms with Gasteiger partial charge in [0.15, 0.2) is 0 Å². The molecule has 2 N–H and O–H groups in total. The molecule has 1 saturated heterocycles. The number of hydrogen-bond acceptors (Lipinski definition) is 5. The number of nitriles is 1. The molecule has 0 bridgehead atoms. The van der Waals surface area contributed by atoms with Crippen molar-refractivity contribution in [2.24, 2.45) is 0 Å². The molecule has 0 aliphatic carbocycles. The molecule has 1 fully saturated rings. The number of benzene rings is 2. The maximum absolute atomic E-state index is 12.7. The van der Waals surface area contributed by atoms with Crippen molar-refractivity contribution in [3.63, 3.8) is 0 Å². The van der Waals surface area contributed by atoms with Gasteiger partial charge >= 0.3 is 12.0 Å². The highest BCUT2D eigenvalue weighted by molar-refractivity contribution is 6.02. The normalized spacial score (nSPS) is 15.3. The SMILES string of the molecule is CCOC(=O)CCc1cccc(NC(=O)N[C@H]2CCN(c3ccc(C#N)cc3)C2=O)c1. The Morgan fingerprint density at radius 3 is 2.71 bits per heavy atom. The van der Waals surface area contributed by atoms with Crippen LogP contribution in [0.25, 0.3) is 0 Å². The Bertz CT molecular complexity index is 997. The summed E-state index contributed by atoms with van der Waals surface area (Å²) < 4.78 is 4.93. The Labute approximate surface area is 180 Å². The van der Waals surface area contributed by atoms with E-state index in [0.717, 1.165) is 5.56 Å². The first-order chi connectivity index (χ1) is 15.0. The third-order valence-corrected chi connectivity index (χ3v) is 4.93. The molecule has 1 aliphatic rings. The van der Waals surface area contributed by atoms with E-state index in [4.69, 9.17) is 10.00 Å². The number of esters is 1. The number of amides is 3. The van der Waals surface area contributed by atoms with Crippen LogP contribution >= 0.6 is 0 Å². The van der Waals surface area contributed by atoms with E-state index in [2.05, 4.69) is 10.6 Å². The van der Waals surface area contributed by atoms with Gasteiger partial charge in [-0.15, -0.1) is 0 Å². The van der Waals surface area contributed by atoms with Crippen molar-refractivity contribution in [1.29, 1.82) is 5.26 Å². The molecule has 3 amide bonds. The van der Waals surface area contributed by atoms with Gasteiger partial charge in [-0.3, -0.25) is 9.59 Å². The topological polar surface area (TPSA) is 112 Å². The van der Waals surface area contributed by atoms with Crippen LogP contribution in [0.15, 0.2) is 48.5 Å². The zero-order valence-electron chi connectivity index (χ0n) is 17.3. The van der Waals surface area contributed by atoms with E-state index in [-0.39, 0.29) is 18.3 Å². The largest absolute Gasteiger partial charge is 0.466 e. The molecule has 0 aromatic heterocycles. The first kappa shape index (κ1) is 21.8. The Morgan fingerprint density at radius 2 is 2.00 bits per heavy atom. The van der Waals surface area contributed by atoms with E-state index >= 15 is 0 Å². The highest BCUT2D eigenvalue weighted by atomic mass is 16.5. The number of hydrogen-bond donors (Lipinski definition) is 2. The lowest BCUT2D eigenvalue weighted by atomic mass is 10.1. The van der Waals surface area contributed by atoms with Gasteiger partial charge in [0.1, 0.15) is 6.04 Å². The van der Waals surface area contributed by atoms with Crippen LogP contribution in [0.3, 0.4) is 0 Å². The van der Waals surface area contributed by atoms with Crippen molar-refractivity contribution >= 4 is 29.3 Å². The van der Waals surface area contributed by atoms with E-state index in [1.165, 1.54) is 0 Å². The van der Waals surface area contributed by atoms with Crippen LogP contribution in [0.4, 0.5) is 16.2 Å². The molecule has 0 spiro atoms. The van der Waals surface area contributed by atoms with Crippen LogP contribution in [0.1, 0.15) is 30.9 Å². The molecule has 1 aliphatic heterocycles. The van der Waals surface area contributed by atoms with Gasteiger partial charge < -0.3 is 20.3 Å². The molecule has 31 heavy (non-hydrogen) atoms. The Balaban J connectivity index is 1.54. The van der Waals surface area contributed by atoms with Crippen molar-refractivity contribution in [3.8, 4) is 6.07 Å². The summed E-state index contributed by atoms with van der Waals surface area (Å²) in [5.41, 5.74) is 2.69. The molecule has 3 rings (SSSR count). The first-order valence-corrected chi connectivity index (χ1v) is 10.1. The fourth-order valence-electron chi connectivity index (χ4n) is 3.40. The molecule has 8 nitrogen and oxygen atoms in total. The standard InChI is InChI=1S/C23H24N4O4/c1-2-31-21(28)11-8-16-4-3-5-18(14-16)25-23(30)26-20-12-13-27(22(20)29)19-9-6-17(15-24)7-10-19/h3-7,9-10,14,20H,2,8,11-13H2,1H3,(H2,25,26,30)/t20-/m0/s1. The maximum atomic E-state index is 12.7. The Kier molecular flexibility index (Phi) is 7.22. The highest BCUT2D eigenvalue weighted by Gasteiger charge is 2.33. The summed E-state index contributed by atoms with van der Waals surface area (Å²) in [5, 5.41) is 14.4. The number of carbonyl (C=O) groups excluding carboxylic acids is 3. The number of nitrogens with zero attached hydrogens (tertiary/aromatic N) is 2. The zero-order valence-corrected chi connectivity index (χ0v) is 17.3. The molecule has 1 atom stereocenters. The molecule has 1 heterocycles. The predicted octanol–water partition coefficient (Wildman–Crippen LogP) is 2.98. The lowest BCUT2D eigenvalue weighted by molar-refractivity contribution is -0.143.